The predicted octanol–water partition coefficient (Wildman–Crippen LogP) is 4.63. The van der Waals surface area contributed by atoms with Crippen molar-refractivity contribution in [1.29, 1.82) is 0 Å². The van der Waals surface area contributed by atoms with Crippen LogP contribution in [0, 0.1) is 0 Å². The molecule has 0 spiro atoms. The van der Waals surface area contributed by atoms with E-state index in [1.807, 2.05) is 41.3 Å². The van der Waals surface area contributed by atoms with Crippen LogP contribution in [-0.4, -0.2) is 47.2 Å². The van der Waals surface area contributed by atoms with Crippen LogP contribution in [-0.2, 0) is 11.3 Å². The molecule has 1 aromatic heterocycles. The fourth-order valence-electron chi connectivity index (χ4n) is 4.24. The predicted molar refractivity (Wildman–Crippen MR) is 122 cm³/mol. The molecule has 1 aliphatic heterocycles. The lowest BCUT2D eigenvalue weighted by Gasteiger charge is -2.17. The molecule has 0 aliphatic carbocycles. The summed E-state index contributed by atoms with van der Waals surface area (Å²) in [6.45, 7) is 5.20. The standard InChI is InChI=1S/C25H31N3O3/c1-3-4-14-27-18-19(17-24(27)29)25-26-22-8-5-6-9-23(22)28(25)15-7-16-31-21-12-10-20(30-2)11-13-21/h5-6,8-13,19H,3-4,7,14-18H2,1-2H3/t19-/m0/s1. The number of benzene rings is 2. The molecule has 1 aliphatic rings. The zero-order valence-corrected chi connectivity index (χ0v) is 18.4. The highest BCUT2D eigenvalue weighted by atomic mass is 16.5. The van der Waals surface area contributed by atoms with Crippen LogP contribution < -0.4 is 9.47 Å². The summed E-state index contributed by atoms with van der Waals surface area (Å²) in [6, 6.07) is 15.9. The Balaban J connectivity index is 1.44. The van der Waals surface area contributed by atoms with Crippen molar-refractivity contribution in [3.05, 3.63) is 54.4 Å². The normalized spacial score (nSPS) is 16.3. The van der Waals surface area contributed by atoms with Crippen molar-refractivity contribution in [2.45, 2.75) is 45.1 Å². The second-order valence-corrected chi connectivity index (χ2v) is 8.08. The summed E-state index contributed by atoms with van der Waals surface area (Å²) in [5.41, 5.74) is 2.12. The van der Waals surface area contributed by atoms with Crippen molar-refractivity contribution < 1.29 is 14.3 Å². The molecule has 0 N–H and O–H groups in total. The Hall–Kier alpha value is -3.02. The van der Waals surface area contributed by atoms with Crippen molar-refractivity contribution in [3.8, 4) is 11.5 Å². The molecule has 3 aromatic rings. The van der Waals surface area contributed by atoms with Crippen LogP contribution in [0.3, 0.4) is 0 Å². The minimum Gasteiger partial charge on any atom is -0.497 e. The minimum atomic E-state index is 0.152. The summed E-state index contributed by atoms with van der Waals surface area (Å²) in [6.07, 6.45) is 3.56. The Morgan fingerprint density at radius 1 is 1.03 bits per heavy atom. The Labute approximate surface area is 183 Å². The number of nitrogens with zero attached hydrogens (tertiary/aromatic N) is 3. The molecule has 6 heteroatoms. The molecule has 0 radical (unpaired) electrons. The summed E-state index contributed by atoms with van der Waals surface area (Å²) >= 11 is 0. The number of carbonyl (C=O) groups is 1. The number of fused-ring (bicyclic) bond motifs is 1. The molecule has 1 amide bonds. The topological polar surface area (TPSA) is 56.6 Å². The van der Waals surface area contributed by atoms with E-state index in [2.05, 4.69) is 23.6 Å². The highest BCUT2D eigenvalue weighted by Gasteiger charge is 2.33. The first-order valence-electron chi connectivity index (χ1n) is 11.2. The number of imidazole rings is 1. The first-order valence-corrected chi connectivity index (χ1v) is 11.2. The van der Waals surface area contributed by atoms with Crippen molar-refractivity contribution >= 4 is 16.9 Å². The van der Waals surface area contributed by atoms with E-state index in [1.165, 1.54) is 0 Å². The van der Waals surface area contributed by atoms with Crippen molar-refractivity contribution in [1.82, 2.24) is 14.5 Å². The number of methoxy groups -OCH3 is 1. The van der Waals surface area contributed by atoms with Gasteiger partial charge in [0.05, 0.1) is 24.8 Å². The van der Waals surface area contributed by atoms with Crippen molar-refractivity contribution in [3.63, 3.8) is 0 Å². The van der Waals surface area contributed by atoms with Gasteiger partial charge >= 0.3 is 0 Å². The summed E-state index contributed by atoms with van der Waals surface area (Å²) in [4.78, 5) is 19.4. The molecule has 1 atom stereocenters. The number of aromatic nitrogens is 2. The fraction of sp³-hybridized carbons (Fsp3) is 0.440. The Morgan fingerprint density at radius 3 is 2.58 bits per heavy atom. The Kier molecular flexibility index (Phi) is 6.75. The zero-order chi connectivity index (χ0) is 21.6. The van der Waals surface area contributed by atoms with Gasteiger partial charge in [-0.1, -0.05) is 25.5 Å². The van der Waals surface area contributed by atoms with Crippen molar-refractivity contribution in [2.75, 3.05) is 26.8 Å². The third-order valence-electron chi connectivity index (χ3n) is 5.90. The molecule has 6 nitrogen and oxygen atoms in total. The Bertz CT molecular complexity index is 1010. The van der Waals surface area contributed by atoms with Crippen LogP contribution in [0.5, 0.6) is 11.5 Å². The number of unbranched alkanes of at least 4 members (excludes halogenated alkanes) is 1. The van der Waals surface area contributed by atoms with E-state index >= 15 is 0 Å². The molecule has 164 valence electrons. The van der Waals surface area contributed by atoms with Gasteiger partial charge in [-0.15, -0.1) is 0 Å². The van der Waals surface area contributed by atoms with Gasteiger partial charge in [0.15, 0.2) is 0 Å². The van der Waals surface area contributed by atoms with Gasteiger partial charge < -0.3 is 18.9 Å². The van der Waals surface area contributed by atoms with Gasteiger partial charge in [0.1, 0.15) is 17.3 Å². The molecule has 2 aromatic carbocycles. The molecule has 0 saturated carbocycles. The molecule has 2 heterocycles. The average molecular weight is 422 g/mol. The van der Waals surface area contributed by atoms with Crippen molar-refractivity contribution in [2.24, 2.45) is 0 Å². The molecular formula is C25H31N3O3. The fourth-order valence-corrected chi connectivity index (χ4v) is 4.24. The number of amides is 1. The molecule has 0 bridgehead atoms. The number of carbonyl (C=O) groups excluding carboxylic acids is 1. The number of rotatable bonds is 10. The van der Waals surface area contributed by atoms with Crippen LogP contribution >= 0.6 is 0 Å². The highest BCUT2D eigenvalue weighted by molar-refractivity contribution is 5.80. The maximum absolute atomic E-state index is 12.5. The molecule has 31 heavy (non-hydrogen) atoms. The smallest absolute Gasteiger partial charge is 0.223 e. The average Bonchev–Trinajstić information content (AvgIpc) is 3.35. The van der Waals surface area contributed by atoms with E-state index < -0.39 is 0 Å². The van der Waals surface area contributed by atoms with Gasteiger partial charge in [-0.05, 0) is 49.2 Å². The number of aryl methyl sites for hydroxylation is 1. The van der Waals surface area contributed by atoms with Gasteiger partial charge in [0.25, 0.3) is 0 Å². The van der Waals surface area contributed by atoms with Crippen LogP contribution in [0.2, 0.25) is 0 Å². The highest BCUT2D eigenvalue weighted by Crippen LogP contribution is 2.31. The SMILES string of the molecule is CCCCN1C[C@@H](c2nc3ccccc3n2CCCOc2ccc(OC)cc2)CC1=O. The monoisotopic (exact) mass is 421 g/mol. The molecule has 4 rings (SSSR count). The van der Waals surface area contributed by atoms with Gasteiger partial charge in [0.2, 0.25) is 5.91 Å². The number of likely N-dealkylation sites (tertiary alicyclic amines) is 1. The minimum absolute atomic E-state index is 0.152. The lowest BCUT2D eigenvalue weighted by Crippen LogP contribution is -2.26. The maximum Gasteiger partial charge on any atom is 0.223 e. The van der Waals surface area contributed by atoms with E-state index in [0.29, 0.717) is 13.0 Å². The quantitative estimate of drug-likeness (QED) is 0.448. The van der Waals surface area contributed by atoms with E-state index in [-0.39, 0.29) is 11.8 Å². The maximum atomic E-state index is 12.5. The Morgan fingerprint density at radius 2 is 1.81 bits per heavy atom. The second kappa shape index (κ2) is 9.86. The van der Waals surface area contributed by atoms with Crippen LogP contribution in [0.25, 0.3) is 11.0 Å². The van der Waals surface area contributed by atoms with Crippen LogP contribution in [0.15, 0.2) is 48.5 Å². The number of para-hydroxylation sites is 2. The van der Waals surface area contributed by atoms with Crippen LogP contribution in [0.4, 0.5) is 0 Å². The van der Waals surface area contributed by atoms with E-state index in [1.54, 1.807) is 7.11 Å². The zero-order valence-electron chi connectivity index (χ0n) is 18.4. The van der Waals surface area contributed by atoms with Gasteiger partial charge in [-0.25, -0.2) is 4.98 Å². The lowest BCUT2D eigenvalue weighted by molar-refractivity contribution is -0.127. The van der Waals surface area contributed by atoms with Gasteiger partial charge in [-0.3, -0.25) is 4.79 Å². The molecule has 1 saturated heterocycles. The first-order chi connectivity index (χ1) is 15.2. The largest absolute Gasteiger partial charge is 0.497 e. The van der Waals surface area contributed by atoms with Crippen LogP contribution in [0.1, 0.15) is 44.3 Å². The summed E-state index contributed by atoms with van der Waals surface area (Å²) in [5.74, 6) is 3.09. The first kappa shape index (κ1) is 21.2. The number of ether oxygens (including phenoxy) is 2. The summed E-state index contributed by atoms with van der Waals surface area (Å²) in [7, 11) is 1.66. The molecular weight excluding hydrogens is 390 g/mol. The van der Waals surface area contributed by atoms with E-state index in [9.17, 15) is 4.79 Å². The lowest BCUT2D eigenvalue weighted by atomic mass is 10.1. The van der Waals surface area contributed by atoms with Gasteiger partial charge in [-0.2, -0.15) is 0 Å². The van der Waals surface area contributed by atoms with Gasteiger partial charge in [0, 0.05) is 32.0 Å². The molecule has 0 unspecified atom stereocenters. The summed E-state index contributed by atoms with van der Waals surface area (Å²) in [5, 5.41) is 0. The van der Waals surface area contributed by atoms with E-state index in [4.69, 9.17) is 14.5 Å². The number of hydrogen-bond donors (Lipinski definition) is 0. The molecule has 1 fully saturated rings. The third kappa shape index (κ3) is 4.84. The second-order valence-electron chi connectivity index (χ2n) is 8.08. The third-order valence-corrected chi connectivity index (χ3v) is 5.90. The summed E-state index contributed by atoms with van der Waals surface area (Å²) < 4.78 is 13.4. The number of hydrogen-bond acceptors (Lipinski definition) is 4. The van der Waals surface area contributed by atoms with E-state index in [0.717, 1.165) is 67.3 Å².